The Morgan fingerprint density at radius 3 is 2.81 bits per heavy atom. The fraction of sp³-hybridized carbons (Fsp3) is 0.667. The SMILES string of the molecule is COc1ccc(CN2CCC[C@@]3(CCC[C@H]3O)C2)cc1C. The van der Waals surface area contributed by atoms with Crippen LogP contribution in [0.3, 0.4) is 0 Å². The van der Waals surface area contributed by atoms with Gasteiger partial charge in [-0.15, -0.1) is 0 Å². The summed E-state index contributed by atoms with van der Waals surface area (Å²) in [4.78, 5) is 2.53. The van der Waals surface area contributed by atoms with Gasteiger partial charge in [0.1, 0.15) is 5.75 Å². The lowest BCUT2D eigenvalue weighted by Crippen LogP contribution is -2.46. The number of nitrogens with zero attached hydrogens (tertiary/aromatic N) is 1. The van der Waals surface area contributed by atoms with E-state index in [1.165, 1.54) is 36.8 Å². The van der Waals surface area contributed by atoms with Crippen molar-refractivity contribution in [3.05, 3.63) is 29.3 Å². The zero-order valence-corrected chi connectivity index (χ0v) is 13.3. The van der Waals surface area contributed by atoms with E-state index in [0.717, 1.165) is 31.8 Å². The van der Waals surface area contributed by atoms with Crippen LogP contribution in [-0.2, 0) is 6.54 Å². The van der Waals surface area contributed by atoms with Crippen LogP contribution in [0.5, 0.6) is 5.75 Å². The molecule has 1 heterocycles. The molecule has 0 aromatic heterocycles. The van der Waals surface area contributed by atoms with Crippen LogP contribution in [0.1, 0.15) is 43.2 Å². The number of aryl methyl sites for hydroxylation is 1. The molecule has 1 aliphatic carbocycles. The van der Waals surface area contributed by atoms with E-state index in [9.17, 15) is 5.11 Å². The minimum Gasteiger partial charge on any atom is -0.496 e. The third kappa shape index (κ3) is 2.95. The van der Waals surface area contributed by atoms with Gasteiger partial charge in [0, 0.05) is 18.5 Å². The Hall–Kier alpha value is -1.06. The van der Waals surface area contributed by atoms with Gasteiger partial charge in [0.05, 0.1) is 13.2 Å². The summed E-state index contributed by atoms with van der Waals surface area (Å²) in [6.45, 7) is 5.29. The highest BCUT2D eigenvalue weighted by atomic mass is 16.5. The molecule has 2 fully saturated rings. The van der Waals surface area contributed by atoms with Crippen molar-refractivity contribution in [1.82, 2.24) is 4.90 Å². The zero-order chi connectivity index (χ0) is 14.9. The van der Waals surface area contributed by atoms with Gasteiger partial charge in [0.25, 0.3) is 0 Å². The van der Waals surface area contributed by atoms with Crippen molar-refractivity contribution in [2.75, 3.05) is 20.2 Å². The van der Waals surface area contributed by atoms with Crippen LogP contribution in [-0.4, -0.2) is 36.3 Å². The standard InChI is InChI=1S/C18H27NO2/c1-14-11-15(6-7-16(14)21-2)12-19-10-4-9-18(13-19)8-3-5-17(18)20/h6-7,11,17,20H,3-5,8-10,12-13H2,1-2H3/t17-,18+/m1/s1. The molecule has 2 aliphatic rings. The van der Waals surface area contributed by atoms with Crippen molar-refractivity contribution >= 4 is 0 Å². The van der Waals surface area contributed by atoms with E-state index >= 15 is 0 Å². The number of methoxy groups -OCH3 is 1. The van der Waals surface area contributed by atoms with Gasteiger partial charge in [-0.2, -0.15) is 0 Å². The summed E-state index contributed by atoms with van der Waals surface area (Å²) in [6.07, 6.45) is 5.72. The molecule has 1 aliphatic heterocycles. The Balaban J connectivity index is 1.69. The lowest BCUT2D eigenvalue weighted by atomic mass is 9.76. The first-order chi connectivity index (χ1) is 10.1. The largest absolute Gasteiger partial charge is 0.496 e. The van der Waals surface area contributed by atoms with Gasteiger partial charge < -0.3 is 9.84 Å². The van der Waals surface area contributed by atoms with Gasteiger partial charge in [-0.25, -0.2) is 0 Å². The Bertz CT molecular complexity index is 502. The number of aliphatic hydroxyl groups excluding tert-OH is 1. The zero-order valence-electron chi connectivity index (χ0n) is 13.3. The molecule has 0 amide bonds. The van der Waals surface area contributed by atoms with Gasteiger partial charge in [0.2, 0.25) is 0 Å². The maximum atomic E-state index is 10.4. The molecule has 3 rings (SSSR count). The maximum Gasteiger partial charge on any atom is 0.121 e. The highest BCUT2D eigenvalue weighted by Gasteiger charge is 2.44. The van der Waals surface area contributed by atoms with E-state index in [0.29, 0.717) is 0 Å². The Labute approximate surface area is 127 Å². The molecule has 2 atom stereocenters. The molecule has 1 aromatic carbocycles. The van der Waals surface area contributed by atoms with Gasteiger partial charge in [-0.3, -0.25) is 4.90 Å². The van der Waals surface area contributed by atoms with Gasteiger partial charge in [-0.1, -0.05) is 18.6 Å². The summed E-state index contributed by atoms with van der Waals surface area (Å²) in [5.74, 6) is 0.958. The molecule has 1 spiro atoms. The number of piperidine rings is 1. The van der Waals surface area contributed by atoms with E-state index in [1.54, 1.807) is 7.11 Å². The fourth-order valence-electron chi connectivity index (χ4n) is 4.29. The number of likely N-dealkylation sites (tertiary alicyclic amines) is 1. The Morgan fingerprint density at radius 1 is 1.33 bits per heavy atom. The van der Waals surface area contributed by atoms with Crippen LogP contribution < -0.4 is 4.74 Å². The topological polar surface area (TPSA) is 32.7 Å². The van der Waals surface area contributed by atoms with Crippen LogP contribution in [0.25, 0.3) is 0 Å². The highest BCUT2D eigenvalue weighted by molar-refractivity contribution is 5.36. The minimum absolute atomic E-state index is 0.0853. The van der Waals surface area contributed by atoms with Crippen molar-refractivity contribution in [3.63, 3.8) is 0 Å². The molecule has 21 heavy (non-hydrogen) atoms. The van der Waals surface area contributed by atoms with Gasteiger partial charge in [0.15, 0.2) is 0 Å². The second-order valence-electron chi connectivity index (χ2n) is 6.89. The van der Waals surface area contributed by atoms with Crippen molar-refractivity contribution in [2.45, 2.75) is 51.7 Å². The minimum atomic E-state index is -0.0853. The number of hydrogen-bond donors (Lipinski definition) is 1. The first kappa shape index (κ1) is 14.9. The third-order valence-electron chi connectivity index (χ3n) is 5.41. The second kappa shape index (κ2) is 5.98. The molecule has 3 heteroatoms. The van der Waals surface area contributed by atoms with Gasteiger partial charge >= 0.3 is 0 Å². The lowest BCUT2D eigenvalue weighted by molar-refractivity contribution is -0.0120. The van der Waals surface area contributed by atoms with E-state index in [-0.39, 0.29) is 11.5 Å². The van der Waals surface area contributed by atoms with Gasteiger partial charge in [-0.05, 0) is 56.3 Å². The number of hydrogen-bond acceptors (Lipinski definition) is 3. The summed E-state index contributed by atoms with van der Waals surface area (Å²) >= 11 is 0. The quantitative estimate of drug-likeness (QED) is 0.928. The fourth-order valence-corrected chi connectivity index (χ4v) is 4.29. The Morgan fingerprint density at radius 2 is 2.14 bits per heavy atom. The van der Waals surface area contributed by atoms with Crippen LogP contribution in [0.15, 0.2) is 18.2 Å². The molecule has 1 saturated heterocycles. The third-order valence-corrected chi connectivity index (χ3v) is 5.41. The normalized spacial score (nSPS) is 30.0. The average Bonchev–Trinajstić information content (AvgIpc) is 2.80. The smallest absolute Gasteiger partial charge is 0.121 e. The summed E-state index contributed by atoms with van der Waals surface area (Å²) in [6, 6.07) is 6.46. The summed E-state index contributed by atoms with van der Waals surface area (Å²) < 4.78 is 5.33. The molecule has 3 nitrogen and oxygen atoms in total. The first-order valence-corrected chi connectivity index (χ1v) is 8.17. The predicted molar refractivity (Wildman–Crippen MR) is 84.5 cm³/mol. The Kier molecular flexibility index (Phi) is 4.23. The molecule has 0 radical (unpaired) electrons. The van der Waals surface area contributed by atoms with Crippen molar-refractivity contribution in [2.24, 2.45) is 5.41 Å². The van der Waals surface area contributed by atoms with Crippen molar-refractivity contribution in [1.29, 1.82) is 0 Å². The molecular weight excluding hydrogens is 262 g/mol. The van der Waals surface area contributed by atoms with E-state index in [1.807, 2.05) is 0 Å². The van der Waals surface area contributed by atoms with Crippen LogP contribution in [0.4, 0.5) is 0 Å². The van der Waals surface area contributed by atoms with Crippen LogP contribution in [0.2, 0.25) is 0 Å². The maximum absolute atomic E-state index is 10.4. The number of rotatable bonds is 3. The summed E-state index contributed by atoms with van der Waals surface area (Å²) in [5, 5.41) is 10.4. The summed E-state index contributed by atoms with van der Waals surface area (Å²) in [7, 11) is 1.72. The average molecular weight is 289 g/mol. The van der Waals surface area contributed by atoms with E-state index in [4.69, 9.17) is 4.74 Å². The molecule has 1 N–H and O–H groups in total. The molecule has 0 bridgehead atoms. The second-order valence-corrected chi connectivity index (χ2v) is 6.89. The lowest BCUT2D eigenvalue weighted by Gasteiger charge is -2.42. The predicted octanol–water partition coefficient (Wildman–Crippen LogP) is 3.13. The molecular formula is C18H27NO2. The highest BCUT2D eigenvalue weighted by Crippen LogP contribution is 2.45. The number of aliphatic hydroxyl groups is 1. The van der Waals surface area contributed by atoms with E-state index < -0.39 is 0 Å². The molecule has 0 unspecified atom stereocenters. The summed E-state index contributed by atoms with van der Waals surface area (Å²) in [5.41, 5.74) is 2.72. The monoisotopic (exact) mass is 289 g/mol. The molecule has 1 saturated carbocycles. The van der Waals surface area contributed by atoms with E-state index in [2.05, 4.69) is 30.0 Å². The molecule has 1 aromatic rings. The number of benzene rings is 1. The molecule has 116 valence electrons. The van der Waals surface area contributed by atoms with Crippen molar-refractivity contribution in [3.8, 4) is 5.75 Å². The van der Waals surface area contributed by atoms with Crippen molar-refractivity contribution < 1.29 is 9.84 Å². The van der Waals surface area contributed by atoms with Crippen LogP contribution in [0, 0.1) is 12.3 Å². The van der Waals surface area contributed by atoms with Crippen LogP contribution >= 0.6 is 0 Å². The number of ether oxygens (including phenoxy) is 1. The first-order valence-electron chi connectivity index (χ1n) is 8.17.